The van der Waals surface area contributed by atoms with E-state index in [1.54, 1.807) is 11.1 Å². The molecular formula is C19H22FN3O3. The molecule has 2 aliphatic rings. The van der Waals surface area contributed by atoms with Crippen LogP contribution in [0.15, 0.2) is 36.5 Å². The molecule has 1 amide bonds. The molecular weight excluding hydrogens is 337 g/mol. The summed E-state index contributed by atoms with van der Waals surface area (Å²) < 4.78 is 26.4. The molecule has 1 aliphatic carbocycles. The Balaban J connectivity index is 1.39. The first-order chi connectivity index (χ1) is 12.7. The number of ether oxygens (including phenoxy) is 2. The number of carbonyl (C=O) groups excluding carboxylic acids is 1. The molecule has 4 rings (SSSR count). The van der Waals surface area contributed by atoms with Crippen LogP contribution in [0.2, 0.25) is 0 Å². The number of halogens is 1. The highest BCUT2D eigenvalue weighted by Gasteiger charge is 2.28. The Bertz CT molecular complexity index is 758. The number of benzene rings is 1. The van der Waals surface area contributed by atoms with Gasteiger partial charge in [-0.2, -0.15) is 5.10 Å². The average Bonchev–Trinajstić information content (AvgIpc) is 3.41. The predicted octanol–water partition coefficient (Wildman–Crippen LogP) is 2.24. The third kappa shape index (κ3) is 4.22. The van der Waals surface area contributed by atoms with Crippen molar-refractivity contribution in [3.63, 3.8) is 0 Å². The van der Waals surface area contributed by atoms with Crippen LogP contribution in [0.1, 0.15) is 18.5 Å². The maximum Gasteiger partial charge on any atom is 0.260 e. The van der Waals surface area contributed by atoms with Gasteiger partial charge in [0.1, 0.15) is 11.6 Å². The van der Waals surface area contributed by atoms with Gasteiger partial charge in [-0.3, -0.25) is 9.48 Å². The van der Waals surface area contributed by atoms with Crippen LogP contribution in [-0.2, 0) is 22.6 Å². The fraction of sp³-hybridized carbons (Fsp3) is 0.474. The number of fused-ring (bicyclic) bond motifs is 1. The summed E-state index contributed by atoms with van der Waals surface area (Å²) in [6.45, 7) is 2.30. The molecule has 26 heavy (non-hydrogen) atoms. The molecule has 0 saturated heterocycles. The van der Waals surface area contributed by atoms with Gasteiger partial charge in [-0.25, -0.2) is 4.39 Å². The summed E-state index contributed by atoms with van der Waals surface area (Å²) in [5.41, 5.74) is 0.984. The summed E-state index contributed by atoms with van der Waals surface area (Å²) in [5, 5.41) is 4.34. The van der Waals surface area contributed by atoms with E-state index in [4.69, 9.17) is 9.47 Å². The van der Waals surface area contributed by atoms with Crippen LogP contribution in [0.25, 0.3) is 0 Å². The molecule has 1 saturated carbocycles. The number of hydrogen-bond donors (Lipinski definition) is 0. The second-order valence-electron chi connectivity index (χ2n) is 6.92. The van der Waals surface area contributed by atoms with Gasteiger partial charge in [0.2, 0.25) is 0 Å². The highest BCUT2D eigenvalue weighted by atomic mass is 19.1. The topological polar surface area (TPSA) is 56.6 Å². The van der Waals surface area contributed by atoms with Gasteiger partial charge in [0.25, 0.3) is 5.91 Å². The van der Waals surface area contributed by atoms with Crippen molar-refractivity contribution in [1.29, 1.82) is 0 Å². The maximum atomic E-state index is 13.0. The van der Waals surface area contributed by atoms with Crippen molar-refractivity contribution >= 4 is 5.91 Å². The molecule has 1 aromatic heterocycles. The van der Waals surface area contributed by atoms with Crippen molar-refractivity contribution in [2.45, 2.75) is 32.0 Å². The van der Waals surface area contributed by atoms with E-state index >= 15 is 0 Å². The van der Waals surface area contributed by atoms with Gasteiger partial charge in [0, 0.05) is 19.3 Å². The van der Waals surface area contributed by atoms with Crippen molar-refractivity contribution < 1.29 is 18.7 Å². The molecule has 6 nitrogen and oxygen atoms in total. The number of carbonyl (C=O) groups is 1. The Morgan fingerprint density at radius 2 is 2.00 bits per heavy atom. The zero-order valence-corrected chi connectivity index (χ0v) is 14.5. The first-order valence-electron chi connectivity index (χ1n) is 8.96. The minimum absolute atomic E-state index is 0.0773. The molecule has 0 bridgehead atoms. The van der Waals surface area contributed by atoms with Gasteiger partial charge >= 0.3 is 0 Å². The number of nitrogens with zero attached hydrogens (tertiary/aromatic N) is 3. The van der Waals surface area contributed by atoms with Gasteiger partial charge in [-0.05, 0) is 49.1 Å². The smallest absolute Gasteiger partial charge is 0.260 e. The largest absolute Gasteiger partial charge is 0.484 e. The monoisotopic (exact) mass is 359 g/mol. The zero-order valence-electron chi connectivity index (χ0n) is 14.5. The molecule has 0 radical (unpaired) electrons. The Morgan fingerprint density at radius 1 is 1.19 bits per heavy atom. The number of rotatable bonds is 6. The van der Waals surface area contributed by atoms with E-state index in [0.29, 0.717) is 31.3 Å². The molecule has 1 atom stereocenters. The quantitative estimate of drug-likeness (QED) is 0.794. The summed E-state index contributed by atoms with van der Waals surface area (Å²) in [7, 11) is 0. The molecule has 0 spiro atoms. The lowest BCUT2D eigenvalue weighted by Crippen LogP contribution is -2.40. The fourth-order valence-electron chi connectivity index (χ4n) is 3.03. The van der Waals surface area contributed by atoms with Crippen molar-refractivity contribution in [3.05, 3.63) is 48.0 Å². The summed E-state index contributed by atoms with van der Waals surface area (Å²) in [6.07, 6.45) is 4.13. The van der Waals surface area contributed by atoms with Crippen LogP contribution < -0.4 is 4.74 Å². The zero-order chi connectivity index (χ0) is 17.9. The van der Waals surface area contributed by atoms with Gasteiger partial charge in [0.05, 0.1) is 24.9 Å². The van der Waals surface area contributed by atoms with Gasteiger partial charge in [-0.15, -0.1) is 0 Å². The third-order valence-electron chi connectivity index (χ3n) is 4.75. The summed E-state index contributed by atoms with van der Waals surface area (Å²) in [6, 6.07) is 7.58. The first-order valence-corrected chi connectivity index (χ1v) is 8.96. The van der Waals surface area contributed by atoms with Gasteiger partial charge in [0.15, 0.2) is 6.61 Å². The second kappa shape index (κ2) is 7.45. The predicted molar refractivity (Wildman–Crippen MR) is 92.0 cm³/mol. The van der Waals surface area contributed by atoms with Gasteiger partial charge < -0.3 is 14.4 Å². The minimum atomic E-state index is -0.333. The lowest BCUT2D eigenvalue weighted by atomic mass is 10.3. The Hall–Kier alpha value is -2.41. The van der Waals surface area contributed by atoms with Crippen LogP contribution in [0.5, 0.6) is 5.75 Å². The highest BCUT2D eigenvalue weighted by molar-refractivity contribution is 5.77. The standard InChI is InChI=1S/C19H22FN3O3/c20-15-3-5-17(6-4-15)26-13-19(24)22-9-16-7-8-21-23(16)11-18(10-22)25-12-14-1-2-14/h3-8,14,18H,1-2,9-13H2/t18-/m0/s1. The van der Waals surface area contributed by atoms with E-state index in [2.05, 4.69) is 5.10 Å². The molecule has 0 unspecified atom stereocenters. The molecule has 2 aromatic rings. The molecule has 1 aliphatic heterocycles. The summed E-state index contributed by atoms with van der Waals surface area (Å²) >= 11 is 0. The van der Waals surface area contributed by atoms with Crippen molar-refractivity contribution in [2.24, 2.45) is 5.92 Å². The molecule has 0 N–H and O–H groups in total. The van der Waals surface area contributed by atoms with E-state index in [1.807, 2.05) is 10.7 Å². The SMILES string of the molecule is O=C(COc1ccc(F)cc1)N1Cc2ccnn2C[C@@H](OCC2CC2)C1. The lowest BCUT2D eigenvalue weighted by Gasteiger charge is -2.24. The molecule has 7 heteroatoms. The lowest BCUT2D eigenvalue weighted by molar-refractivity contribution is -0.136. The van der Waals surface area contributed by atoms with Crippen LogP contribution >= 0.6 is 0 Å². The Morgan fingerprint density at radius 3 is 2.77 bits per heavy atom. The van der Waals surface area contributed by atoms with E-state index in [9.17, 15) is 9.18 Å². The second-order valence-corrected chi connectivity index (χ2v) is 6.92. The van der Waals surface area contributed by atoms with Crippen LogP contribution in [0.4, 0.5) is 4.39 Å². The number of aromatic nitrogens is 2. The molecule has 138 valence electrons. The number of amides is 1. The summed E-state index contributed by atoms with van der Waals surface area (Å²) in [5.74, 6) is 0.687. The van der Waals surface area contributed by atoms with Gasteiger partial charge in [-0.1, -0.05) is 0 Å². The highest BCUT2D eigenvalue weighted by Crippen LogP contribution is 2.29. The van der Waals surface area contributed by atoms with Crippen LogP contribution in [0.3, 0.4) is 0 Å². The van der Waals surface area contributed by atoms with E-state index in [1.165, 1.54) is 37.1 Å². The van der Waals surface area contributed by atoms with E-state index < -0.39 is 0 Å². The van der Waals surface area contributed by atoms with Crippen molar-refractivity contribution in [1.82, 2.24) is 14.7 Å². The first kappa shape index (κ1) is 17.0. The molecule has 2 heterocycles. The summed E-state index contributed by atoms with van der Waals surface area (Å²) in [4.78, 5) is 14.4. The van der Waals surface area contributed by atoms with Crippen LogP contribution in [0, 0.1) is 11.7 Å². The Labute approximate surface area is 151 Å². The van der Waals surface area contributed by atoms with Crippen molar-refractivity contribution in [2.75, 3.05) is 19.8 Å². The normalized spacial score (nSPS) is 19.7. The fourth-order valence-corrected chi connectivity index (χ4v) is 3.03. The average molecular weight is 359 g/mol. The maximum absolute atomic E-state index is 13.0. The van der Waals surface area contributed by atoms with Crippen molar-refractivity contribution in [3.8, 4) is 5.75 Å². The van der Waals surface area contributed by atoms with Crippen LogP contribution in [-0.4, -0.2) is 46.5 Å². The molecule has 1 fully saturated rings. The number of hydrogen-bond acceptors (Lipinski definition) is 4. The van der Waals surface area contributed by atoms with E-state index in [0.717, 1.165) is 12.3 Å². The minimum Gasteiger partial charge on any atom is -0.484 e. The van der Waals surface area contributed by atoms with E-state index in [-0.39, 0.29) is 24.4 Å². The third-order valence-corrected chi connectivity index (χ3v) is 4.75. The Kier molecular flexibility index (Phi) is 4.88. The molecule has 1 aromatic carbocycles.